The molecule has 0 fully saturated rings. The minimum atomic E-state index is -0.512. The maximum Gasteiger partial charge on any atom is 0.204 e. The summed E-state index contributed by atoms with van der Waals surface area (Å²) < 4.78 is 0.0701. The van der Waals surface area contributed by atoms with E-state index in [0.717, 1.165) is 6.08 Å². The van der Waals surface area contributed by atoms with Gasteiger partial charge in [-0.25, -0.2) is 0 Å². The average Bonchev–Trinajstić information content (AvgIpc) is 2.31. The molecule has 1 aromatic carbocycles. The number of phenols is 2. The standard InChI is InChI=1S/C12H8Br2O4/c1-4-5(3-13)11(17)8-7(15)2-6(14)12(18)9(8)10(4)16/h2,16-17H,3H2,1H3. The first-order valence-electron chi connectivity index (χ1n) is 4.99. The van der Waals surface area contributed by atoms with E-state index in [1.54, 1.807) is 6.92 Å². The second-order valence-electron chi connectivity index (χ2n) is 3.87. The predicted molar refractivity (Wildman–Crippen MR) is 72.8 cm³/mol. The number of aromatic hydroxyl groups is 2. The summed E-state index contributed by atoms with van der Waals surface area (Å²) in [4.78, 5) is 23.8. The zero-order valence-electron chi connectivity index (χ0n) is 9.25. The van der Waals surface area contributed by atoms with E-state index in [1.807, 2.05) is 0 Å². The van der Waals surface area contributed by atoms with Gasteiger partial charge in [-0.05, 0) is 28.4 Å². The van der Waals surface area contributed by atoms with E-state index in [4.69, 9.17) is 0 Å². The van der Waals surface area contributed by atoms with Crippen LogP contribution in [0.15, 0.2) is 10.6 Å². The first-order chi connectivity index (χ1) is 8.40. The van der Waals surface area contributed by atoms with Gasteiger partial charge in [0.25, 0.3) is 0 Å². The zero-order valence-corrected chi connectivity index (χ0v) is 12.4. The Balaban J connectivity index is 2.91. The molecule has 0 aromatic heterocycles. The van der Waals surface area contributed by atoms with Crippen molar-refractivity contribution in [2.45, 2.75) is 12.3 Å². The van der Waals surface area contributed by atoms with Crippen LogP contribution in [0, 0.1) is 6.92 Å². The number of benzene rings is 1. The monoisotopic (exact) mass is 374 g/mol. The highest BCUT2D eigenvalue weighted by molar-refractivity contribution is 9.12. The summed E-state index contributed by atoms with van der Waals surface area (Å²) in [6.07, 6.45) is 1.09. The molecule has 1 aromatic rings. The SMILES string of the molecule is Cc1c(O)c2c(c(O)c1CBr)C(=O)C=C(Br)C2=O. The van der Waals surface area contributed by atoms with Crippen LogP contribution in [0.5, 0.6) is 11.5 Å². The van der Waals surface area contributed by atoms with Crippen molar-refractivity contribution in [2.24, 2.45) is 0 Å². The van der Waals surface area contributed by atoms with E-state index in [0.29, 0.717) is 11.1 Å². The number of Topliss-reactive ketones (excluding diaryl/α,β-unsaturated/α-hetero) is 1. The Bertz CT molecular complexity index is 617. The highest BCUT2D eigenvalue weighted by Crippen LogP contribution is 2.42. The number of rotatable bonds is 1. The number of hydrogen-bond acceptors (Lipinski definition) is 4. The molecule has 0 saturated heterocycles. The Labute approximate surface area is 120 Å². The molecule has 2 rings (SSSR count). The molecule has 0 unspecified atom stereocenters. The van der Waals surface area contributed by atoms with Crippen LogP contribution in [0.25, 0.3) is 0 Å². The summed E-state index contributed by atoms with van der Waals surface area (Å²) >= 11 is 6.15. The number of ketones is 2. The van der Waals surface area contributed by atoms with Gasteiger partial charge >= 0.3 is 0 Å². The van der Waals surface area contributed by atoms with E-state index >= 15 is 0 Å². The van der Waals surface area contributed by atoms with Crippen LogP contribution in [0.4, 0.5) is 0 Å². The minimum Gasteiger partial charge on any atom is -0.507 e. The molecule has 0 amide bonds. The van der Waals surface area contributed by atoms with Crippen LogP contribution < -0.4 is 0 Å². The fourth-order valence-corrected chi connectivity index (χ4v) is 2.98. The molecular formula is C12H8Br2O4. The molecule has 1 aliphatic carbocycles. The summed E-state index contributed by atoms with van der Waals surface area (Å²) in [5, 5.41) is 20.4. The number of halogens is 2. The van der Waals surface area contributed by atoms with Gasteiger partial charge in [0.05, 0.1) is 15.6 Å². The Morgan fingerprint density at radius 3 is 2.33 bits per heavy atom. The van der Waals surface area contributed by atoms with Crippen molar-refractivity contribution in [3.05, 3.63) is 32.8 Å². The average molecular weight is 376 g/mol. The van der Waals surface area contributed by atoms with Crippen LogP contribution in [0.1, 0.15) is 31.8 Å². The Morgan fingerprint density at radius 1 is 1.17 bits per heavy atom. The summed E-state index contributed by atoms with van der Waals surface area (Å²) in [5.74, 6) is -1.54. The third kappa shape index (κ3) is 1.71. The van der Waals surface area contributed by atoms with Gasteiger partial charge in [-0.1, -0.05) is 15.9 Å². The first kappa shape index (κ1) is 13.3. The highest BCUT2D eigenvalue weighted by Gasteiger charge is 2.33. The molecule has 2 N–H and O–H groups in total. The summed E-state index contributed by atoms with van der Waals surface area (Å²) in [6.45, 7) is 1.58. The topological polar surface area (TPSA) is 74.6 Å². The second kappa shape index (κ2) is 4.51. The summed E-state index contributed by atoms with van der Waals surface area (Å²) in [7, 11) is 0. The largest absolute Gasteiger partial charge is 0.507 e. The lowest BCUT2D eigenvalue weighted by Gasteiger charge is -2.19. The normalized spacial score (nSPS) is 14.5. The van der Waals surface area contributed by atoms with E-state index in [1.165, 1.54) is 0 Å². The third-order valence-corrected chi connectivity index (χ3v) is 4.05. The fourth-order valence-electron chi connectivity index (χ4n) is 1.89. The Hall–Kier alpha value is -1.14. The minimum absolute atomic E-state index is 0.0701. The molecule has 0 saturated carbocycles. The summed E-state index contributed by atoms with van der Waals surface area (Å²) in [5.41, 5.74) is 0.500. The van der Waals surface area contributed by atoms with Gasteiger partial charge in [0.1, 0.15) is 11.5 Å². The van der Waals surface area contributed by atoms with Crippen molar-refractivity contribution in [3.8, 4) is 11.5 Å². The lowest BCUT2D eigenvalue weighted by molar-refractivity contribution is 0.0986. The maximum atomic E-state index is 11.9. The van der Waals surface area contributed by atoms with Gasteiger partial charge in [0.2, 0.25) is 5.78 Å². The first-order valence-corrected chi connectivity index (χ1v) is 6.91. The van der Waals surface area contributed by atoms with Crippen molar-refractivity contribution in [1.29, 1.82) is 0 Å². The van der Waals surface area contributed by atoms with Crippen LogP contribution in [-0.4, -0.2) is 21.8 Å². The van der Waals surface area contributed by atoms with Gasteiger partial charge in [-0.2, -0.15) is 0 Å². The summed E-state index contributed by atoms with van der Waals surface area (Å²) in [6, 6.07) is 0. The Morgan fingerprint density at radius 2 is 1.78 bits per heavy atom. The molecule has 18 heavy (non-hydrogen) atoms. The van der Waals surface area contributed by atoms with Crippen molar-refractivity contribution < 1.29 is 19.8 Å². The quantitative estimate of drug-likeness (QED) is 0.584. The smallest absolute Gasteiger partial charge is 0.204 e. The molecule has 94 valence electrons. The van der Waals surface area contributed by atoms with Crippen molar-refractivity contribution >= 4 is 43.4 Å². The maximum absolute atomic E-state index is 11.9. The van der Waals surface area contributed by atoms with Crippen LogP contribution in [0.2, 0.25) is 0 Å². The van der Waals surface area contributed by atoms with E-state index in [-0.39, 0.29) is 32.4 Å². The Kier molecular flexibility index (Phi) is 3.33. The molecule has 0 radical (unpaired) electrons. The number of carbonyl (C=O) groups is 2. The van der Waals surface area contributed by atoms with Crippen LogP contribution in [-0.2, 0) is 5.33 Å². The third-order valence-electron chi connectivity index (χ3n) is 2.90. The van der Waals surface area contributed by atoms with E-state index < -0.39 is 11.6 Å². The van der Waals surface area contributed by atoms with Crippen molar-refractivity contribution in [3.63, 3.8) is 0 Å². The number of carbonyl (C=O) groups excluding carboxylic acids is 2. The molecular weight excluding hydrogens is 368 g/mol. The lowest BCUT2D eigenvalue weighted by atomic mass is 9.88. The number of alkyl halides is 1. The number of hydrogen-bond donors (Lipinski definition) is 2. The zero-order chi connectivity index (χ0) is 13.6. The predicted octanol–water partition coefficient (Wildman–Crippen LogP) is 2.96. The van der Waals surface area contributed by atoms with E-state index in [9.17, 15) is 19.8 Å². The number of phenolic OH excluding ortho intramolecular Hbond substituents is 2. The number of allylic oxidation sites excluding steroid dienone is 2. The highest BCUT2D eigenvalue weighted by atomic mass is 79.9. The molecule has 0 heterocycles. The van der Waals surface area contributed by atoms with Crippen LogP contribution in [0.3, 0.4) is 0 Å². The lowest BCUT2D eigenvalue weighted by Crippen LogP contribution is -2.16. The second-order valence-corrected chi connectivity index (χ2v) is 5.29. The van der Waals surface area contributed by atoms with Gasteiger partial charge in [-0.3, -0.25) is 9.59 Å². The van der Waals surface area contributed by atoms with Gasteiger partial charge < -0.3 is 10.2 Å². The number of fused-ring (bicyclic) bond motifs is 1. The molecule has 0 aliphatic heterocycles. The fraction of sp³-hybridized carbons (Fsp3) is 0.167. The van der Waals surface area contributed by atoms with Gasteiger partial charge in [0, 0.05) is 17.0 Å². The van der Waals surface area contributed by atoms with Crippen molar-refractivity contribution in [2.75, 3.05) is 0 Å². The van der Waals surface area contributed by atoms with E-state index in [2.05, 4.69) is 31.9 Å². The molecule has 0 atom stereocenters. The van der Waals surface area contributed by atoms with Gasteiger partial charge in [0.15, 0.2) is 5.78 Å². The molecule has 1 aliphatic rings. The molecule has 4 nitrogen and oxygen atoms in total. The molecule has 6 heteroatoms. The molecule has 0 bridgehead atoms. The van der Waals surface area contributed by atoms with Gasteiger partial charge in [-0.15, -0.1) is 0 Å². The molecule has 0 spiro atoms. The van der Waals surface area contributed by atoms with Crippen LogP contribution >= 0.6 is 31.9 Å². The van der Waals surface area contributed by atoms with Crippen molar-refractivity contribution in [1.82, 2.24) is 0 Å².